The van der Waals surface area contributed by atoms with Crippen LogP contribution in [0.2, 0.25) is 0 Å². The molecule has 7 aromatic carbocycles. The van der Waals surface area contributed by atoms with Crippen molar-refractivity contribution in [3.05, 3.63) is 164 Å². The van der Waals surface area contributed by atoms with Crippen molar-refractivity contribution in [1.82, 2.24) is 15.4 Å². The van der Waals surface area contributed by atoms with Gasteiger partial charge >= 0.3 is 0 Å². The standard InChI is InChI=1S/C24H16.C15H11N3/c1-2-9-17(10-3-1)18-15-8-16-23-21-12-5-4-11-19(21)20-13-6-7-14-22(20)24(18)23;1-3-7-12(8-4-1)14-11-16-18-17-15(14)13-9-5-2-6-10-13/h1-16H;1-11H. The van der Waals surface area contributed by atoms with Crippen LogP contribution in [0.25, 0.3) is 65.8 Å². The van der Waals surface area contributed by atoms with Crippen molar-refractivity contribution in [2.24, 2.45) is 0 Å². The van der Waals surface area contributed by atoms with Gasteiger partial charge in [-0.1, -0.05) is 158 Å². The van der Waals surface area contributed by atoms with Gasteiger partial charge in [0.25, 0.3) is 0 Å². The fourth-order valence-corrected chi connectivity index (χ4v) is 5.72. The molecule has 0 saturated carbocycles. The predicted octanol–water partition coefficient (Wildman–Crippen LogP) is 10.0. The minimum absolute atomic E-state index is 0.858. The first-order chi connectivity index (χ1) is 20.9. The summed E-state index contributed by atoms with van der Waals surface area (Å²) < 4.78 is 0. The van der Waals surface area contributed by atoms with Gasteiger partial charge in [0.15, 0.2) is 0 Å². The number of nitrogens with zero attached hydrogens (tertiary/aromatic N) is 3. The van der Waals surface area contributed by atoms with Gasteiger partial charge in [0.2, 0.25) is 0 Å². The highest BCUT2D eigenvalue weighted by Gasteiger charge is 2.12. The van der Waals surface area contributed by atoms with E-state index in [1.54, 1.807) is 6.20 Å². The van der Waals surface area contributed by atoms with Crippen molar-refractivity contribution in [3.8, 4) is 33.5 Å². The molecule has 198 valence electrons. The van der Waals surface area contributed by atoms with Crippen LogP contribution < -0.4 is 0 Å². The van der Waals surface area contributed by atoms with Gasteiger partial charge < -0.3 is 0 Å². The van der Waals surface area contributed by atoms with Crippen molar-refractivity contribution >= 4 is 32.3 Å². The largest absolute Gasteiger partial charge is 0.138 e. The van der Waals surface area contributed by atoms with Crippen LogP contribution in [0.15, 0.2) is 164 Å². The molecule has 3 nitrogen and oxygen atoms in total. The van der Waals surface area contributed by atoms with Crippen LogP contribution >= 0.6 is 0 Å². The first-order valence-corrected chi connectivity index (χ1v) is 14.1. The second-order valence-corrected chi connectivity index (χ2v) is 10.1. The molecule has 1 heterocycles. The second-order valence-electron chi connectivity index (χ2n) is 10.1. The number of hydrogen-bond donors (Lipinski definition) is 0. The third-order valence-corrected chi connectivity index (χ3v) is 7.62. The SMILES string of the molecule is c1ccc(-c2cccc3c4ccccc4c4ccccc4c23)cc1.c1ccc(-c2cnnnc2-c2ccccc2)cc1. The molecular formula is C39H27N3. The Morgan fingerprint density at radius 2 is 0.762 bits per heavy atom. The van der Waals surface area contributed by atoms with Crippen LogP contribution in [0.5, 0.6) is 0 Å². The first kappa shape index (κ1) is 25.3. The summed E-state index contributed by atoms with van der Waals surface area (Å²) in [5.74, 6) is 0. The van der Waals surface area contributed by atoms with E-state index in [-0.39, 0.29) is 0 Å². The summed E-state index contributed by atoms with van der Waals surface area (Å²) in [5.41, 5.74) is 6.57. The Morgan fingerprint density at radius 1 is 0.333 bits per heavy atom. The van der Waals surface area contributed by atoms with E-state index in [0.29, 0.717) is 0 Å². The zero-order valence-corrected chi connectivity index (χ0v) is 22.9. The molecule has 0 N–H and O–H groups in total. The molecule has 0 atom stereocenters. The van der Waals surface area contributed by atoms with E-state index < -0.39 is 0 Å². The van der Waals surface area contributed by atoms with E-state index in [4.69, 9.17) is 0 Å². The van der Waals surface area contributed by atoms with Gasteiger partial charge in [-0.25, -0.2) is 0 Å². The van der Waals surface area contributed by atoms with E-state index in [2.05, 4.69) is 112 Å². The highest BCUT2D eigenvalue weighted by atomic mass is 15.3. The lowest BCUT2D eigenvalue weighted by Gasteiger charge is -2.14. The van der Waals surface area contributed by atoms with Crippen LogP contribution in [0.4, 0.5) is 0 Å². The number of fused-ring (bicyclic) bond motifs is 6. The molecule has 3 heteroatoms. The van der Waals surface area contributed by atoms with Crippen LogP contribution in [0, 0.1) is 0 Å². The van der Waals surface area contributed by atoms with Gasteiger partial charge in [-0.2, -0.15) is 0 Å². The van der Waals surface area contributed by atoms with Crippen molar-refractivity contribution < 1.29 is 0 Å². The van der Waals surface area contributed by atoms with E-state index in [0.717, 1.165) is 22.4 Å². The lowest BCUT2D eigenvalue weighted by Crippen LogP contribution is -1.94. The molecule has 42 heavy (non-hydrogen) atoms. The number of aromatic nitrogens is 3. The normalized spacial score (nSPS) is 10.9. The summed E-state index contributed by atoms with van der Waals surface area (Å²) in [7, 11) is 0. The van der Waals surface area contributed by atoms with Crippen LogP contribution in [-0.2, 0) is 0 Å². The third kappa shape index (κ3) is 4.78. The van der Waals surface area contributed by atoms with E-state index in [9.17, 15) is 0 Å². The predicted molar refractivity (Wildman–Crippen MR) is 175 cm³/mol. The maximum atomic E-state index is 4.16. The molecule has 8 rings (SSSR count). The van der Waals surface area contributed by atoms with Gasteiger partial charge in [-0.15, -0.1) is 10.2 Å². The summed E-state index contributed by atoms with van der Waals surface area (Å²) in [4.78, 5) is 0. The Morgan fingerprint density at radius 3 is 1.33 bits per heavy atom. The Labute approximate surface area is 244 Å². The molecular weight excluding hydrogens is 510 g/mol. The maximum absolute atomic E-state index is 4.16. The van der Waals surface area contributed by atoms with Crippen molar-refractivity contribution in [1.29, 1.82) is 0 Å². The minimum atomic E-state index is 0.858. The highest BCUT2D eigenvalue weighted by Crippen LogP contribution is 2.39. The van der Waals surface area contributed by atoms with E-state index in [1.165, 1.54) is 43.4 Å². The highest BCUT2D eigenvalue weighted by molar-refractivity contribution is 6.28. The molecule has 0 aliphatic rings. The molecule has 0 unspecified atom stereocenters. The average molecular weight is 538 g/mol. The molecule has 0 radical (unpaired) electrons. The summed E-state index contributed by atoms with van der Waals surface area (Å²) in [6, 6.07) is 54.9. The van der Waals surface area contributed by atoms with E-state index in [1.807, 2.05) is 60.7 Å². The van der Waals surface area contributed by atoms with Gasteiger partial charge in [0.1, 0.15) is 5.69 Å². The molecule has 8 aromatic rings. The fourth-order valence-electron chi connectivity index (χ4n) is 5.72. The molecule has 0 amide bonds. The lowest BCUT2D eigenvalue weighted by atomic mass is 9.89. The van der Waals surface area contributed by atoms with Crippen molar-refractivity contribution in [3.63, 3.8) is 0 Å². The zero-order chi connectivity index (χ0) is 28.1. The average Bonchev–Trinajstić information content (AvgIpc) is 3.09. The zero-order valence-electron chi connectivity index (χ0n) is 22.9. The topological polar surface area (TPSA) is 38.7 Å². The first-order valence-electron chi connectivity index (χ1n) is 14.1. The Hall–Kier alpha value is -5.67. The van der Waals surface area contributed by atoms with Crippen molar-refractivity contribution in [2.75, 3.05) is 0 Å². The van der Waals surface area contributed by atoms with Gasteiger partial charge in [-0.3, -0.25) is 0 Å². The Bertz CT molecular complexity index is 2020. The van der Waals surface area contributed by atoms with Crippen molar-refractivity contribution in [2.45, 2.75) is 0 Å². The molecule has 0 aliphatic carbocycles. The quantitative estimate of drug-likeness (QED) is 0.211. The maximum Gasteiger partial charge on any atom is 0.104 e. The Kier molecular flexibility index (Phi) is 6.89. The summed E-state index contributed by atoms with van der Waals surface area (Å²) in [6.07, 6.45) is 1.75. The molecule has 1 aromatic heterocycles. The summed E-state index contributed by atoms with van der Waals surface area (Å²) in [5, 5.41) is 19.8. The lowest BCUT2D eigenvalue weighted by molar-refractivity contribution is 0.873. The van der Waals surface area contributed by atoms with Gasteiger partial charge in [-0.05, 0) is 54.2 Å². The molecule has 0 fully saturated rings. The smallest absolute Gasteiger partial charge is 0.104 e. The minimum Gasteiger partial charge on any atom is -0.138 e. The molecule has 0 bridgehead atoms. The molecule has 0 spiro atoms. The third-order valence-electron chi connectivity index (χ3n) is 7.62. The monoisotopic (exact) mass is 537 g/mol. The number of benzene rings is 7. The van der Waals surface area contributed by atoms with Crippen LogP contribution in [-0.4, -0.2) is 15.4 Å². The summed E-state index contributed by atoms with van der Waals surface area (Å²) >= 11 is 0. The summed E-state index contributed by atoms with van der Waals surface area (Å²) in [6.45, 7) is 0. The fraction of sp³-hybridized carbons (Fsp3) is 0. The van der Waals surface area contributed by atoms with Gasteiger partial charge in [0.05, 0.1) is 6.20 Å². The van der Waals surface area contributed by atoms with Crippen LogP contribution in [0.1, 0.15) is 0 Å². The Balaban J connectivity index is 0.000000143. The van der Waals surface area contributed by atoms with E-state index >= 15 is 0 Å². The second kappa shape index (κ2) is 11.4. The van der Waals surface area contributed by atoms with Gasteiger partial charge in [0, 0.05) is 11.1 Å². The van der Waals surface area contributed by atoms with Crippen LogP contribution in [0.3, 0.4) is 0 Å². The number of hydrogen-bond acceptors (Lipinski definition) is 3. The number of rotatable bonds is 3. The molecule has 0 aliphatic heterocycles. The molecule has 0 saturated heterocycles.